The molecule has 1 aliphatic heterocycles. The van der Waals surface area contributed by atoms with Crippen molar-refractivity contribution in [3.05, 3.63) is 61.0 Å². The van der Waals surface area contributed by atoms with Gasteiger partial charge < -0.3 is 14.6 Å². The smallest absolute Gasteiger partial charge is 0.349 e. The number of nitrogens with zero attached hydrogens (tertiary/aromatic N) is 3. The second-order valence-corrected chi connectivity index (χ2v) is 10.3. The van der Waals surface area contributed by atoms with E-state index in [-0.39, 0.29) is 39.8 Å². The van der Waals surface area contributed by atoms with Crippen molar-refractivity contribution in [2.75, 3.05) is 19.8 Å². The van der Waals surface area contributed by atoms with E-state index in [4.69, 9.17) is 32.7 Å². The zero-order chi connectivity index (χ0) is 26.9. The topological polar surface area (TPSA) is 166 Å². The van der Waals surface area contributed by atoms with Gasteiger partial charge in [-0.2, -0.15) is 9.78 Å². The Morgan fingerprint density at radius 3 is 2.59 bits per heavy atom. The molecule has 4 rings (SSSR count). The maximum Gasteiger partial charge on any atom is 0.349 e. The van der Waals surface area contributed by atoms with Crippen LogP contribution < -0.4 is 20.7 Å². The van der Waals surface area contributed by atoms with Crippen LogP contribution in [0, 0.1) is 5.92 Å². The molecule has 0 bridgehead atoms. The number of aromatic amines is 1. The fourth-order valence-corrected chi connectivity index (χ4v) is 5.08. The molecule has 12 nitrogen and oxygen atoms in total. The molecular formula is C20H17Cl2F2N5O7S. The Bertz CT molecular complexity index is 1540. The number of benzene rings is 1. The van der Waals surface area contributed by atoms with Crippen LogP contribution in [0.25, 0.3) is 5.69 Å². The first-order chi connectivity index (χ1) is 17.5. The summed E-state index contributed by atoms with van der Waals surface area (Å²) in [6.07, 6.45) is -1.71. The van der Waals surface area contributed by atoms with Crippen LogP contribution in [-0.4, -0.2) is 53.0 Å². The lowest BCUT2D eigenvalue weighted by atomic mass is 10.1. The summed E-state index contributed by atoms with van der Waals surface area (Å²) in [6, 6.07) is 3.13. The largest absolute Gasteiger partial charge is 0.505 e. The first kappa shape index (κ1) is 26.9. The number of alkyl halides is 2. The van der Waals surface area contributed by atoms with Crippen LogP contribution in [0.4, 0.5) is 8.78 Å². The molecule has 1 saturated heterocycles. The third kappa shape index (κ3) is 5.91. The second kappa shape index (κ2) is 10.7. The number of ether oxygens (including phenoxy) is 2. The monoisotopic (exact) mass is 579 g/mol. The summed E-state index contributed by atoms with van der Waals surface area (Å²) in [6.45, 7) is 1.05. The molecule has 3 N–H and O–H groups in total. The summed E-state index contributed by atoms with van der Waals surface area (Å²) in [5.41, 5.74) is -3.83. The molecule has 0 radical (unpaired) electrons. The maximum atomic E-state index is 13.0. The maximum absolute atomic E-state index is 13.0. The van der Waals surface area contributed by atoms with Crippen LogP contribution in [0.15, 0.2) is 38.9 Å². The molecule has 3 heterocycles. The molecule has 198 valence electrons. The molecule has 0 unspecified atom stereocenters. The molecule has 0 spiro atoms. The van der Waals surface area contributed by atoms with E-state index in [2.05, 4.69) is 14.8 Å². The van der Waals surface area contributed by atoms with E-state index in [0.29, 0.717) is 24.3 Å². The third-order valence-corrected chi connectivity index (χ3v) is 7.21. The van der Waals surface area contributed by atoms with Crippen LogP contribution in [0.1, 0.15) is 18.5 Å². The second-order valence-electron chi connectivity index (χ2n) is 7.77. The summed E-state index contributed by atoms with van der Waals surface area (Å²) in [4.78, 5) is 28.6. The van der Waals surface area contributed by atoms with E-state index in [0.717, 1.165) is 24.4 Å². The number of aromatic nitrogens is 4. The minimum absolute atomic E-state index is 0.00758. The number of nitrogens with one attached hydrogen (secondary N) is 2. The highest BCUT2D eigenvalue weighted by Gasteiger charge is 2.25. The fraction of sp³-hybridized carbons (Fsp3) is 0.300. The molecule has 0 saturated carbocycles. The minimum atomic E-state index is -4.15. The molecule has 17 heteroatoms. The van der Waals surface area contributed by atoms with Gasteiger partial charge in [0.2, 0.25) is 15.9 Å². The van der Waals surface area contributed by atoms with Gasteiger partial charge in [-0.3, -0.25) is 9.78 Å². The lowest BCUT2D eigenvalue weighted by Gasteiger charge is -2.14. The van der Waals surface area contributed by atoms with Crippen molar-refractivity contribution in [3.8, 4) is 23.1 Å². The Hall–Kier alpha value is -3.11. The highest BCUT2D eigenvalue weighted by molar-refractivity contribution is 7.89. The number of hydrogen-bond donors (Lipinski definition) is 3. The van der Waals surface area contributed by atoms with Gasteiger partial charge in [-0.1, -0.05) is 23.2 Å². The van der Waals surface area contributed by atoms with Crippen molar-refractivity contribution < 1.29 is 31.8 Å². The molecule has 1 aliphatic rings. The molecule has 1 fully saturated rings. The van der Waals surface area contributed by atoms with E-state index >= 15 is 0 Å². The molecule has 1 aromatic carbocycles. The Kier molecular flexibility index (Phi) is 7.80. The molecular weight excluding hydrogens is 563 g/mol. The Balaban J connectivity index is 1.63. The van der Waals surface area contributed by atoms with Gasteiger partial charge in [-0.15, -0.1) is 0 Å². The predicted octanol–water partition coefficient (Wildman–Crippen LogP) is 2.37. The average Bonchev–Trinajstić information content (AvgIpc) is 3.34. The molecule has 0 amide bonds. The standard InChI is InChI=1S/C20H17Cl2F2N5O7S/c21-11-3-10(29-20(32)27-19(31)16(28-29)18(23)24)4-12(22)17(11)36-15-5-14(13(30)7-25-15)37(33,34)26-6-9-1-2-35-8-9/h3-5,7,9,18,26,30H,1-2,6,8H2,(H,27,31,32)/t9-/m0/s1. The van der Waals surface area contributed by atoms with Crippen LogP contribution >= 0.6 is 23.2 Å². The molecule has 2 aromatic heterocycles. The highest BCUT2D eigenvalue weighted by Crippen LogP contribution is 2.38. The first-order valence-corrected chi connectivity index (χ1v) is 12.7. The number of rotatable bonds is 8. The van der Waals surface area contributed by atoms with Gasteiger partial charge >= 0.3 is 5.69 Å². The van der Waals surface area contributed by atoms with Crippen LogP contribution in [0.5, 0.6) is 17.4 Å². The van der Waals surface area contributed by atoms with E-state index < -0.39 is 44.0 Å². The van der Waals surface area contributed by atoms with Gasteiger partial charge in [-0.25, -0.2) is 31.7 Å². The normalized spacial score (nSPS) is 15.9. The Morgan fingerprint density at radius 1 is 1.27 bits per heavy atom. The van der Waals surface area contributed by atoms with E-state index in [1.165, 1.54) is 0 Å². The summed E-state index contributed by atoms with van der Waals surface area (Å²) < 4.78 is 65.1. The molecule has 3 aromatic rings. The number of halogens is 4. The molecule has 1 atom stereocenters. The van der Waals surface area contributed by atoms with Gasteiger partial charge in [-0.05, 0) is 24.5 Å². The van der Waals surface area contributed by atoms with E-state index in [1.807, 2.05) is 0 Å². The Labute approximate surface area is 216 Å². The predicted molar refractivity (Wildman–Crippen MR) is 126 cm³/mol. The van der Waals surface area contributed by atoms with Crippen molar-refractivity contribution in [3.63, 3.8) is 0 Å². The van der Waals surface area contributed by atoms with Crippen LogP contribution in [0.3, 0.4) is 0 Å². The number of hydrogen-bond acceptors (Lipinski definition) is 9. The van der Waals surface area contributed by atoms with Gasteiger partial charge in [0.25, 0.3) is 12.0 Å². The quantitative estimate of drug-likeness (QED) is 0.363. The number of H-pyrrole nitrogens is 1. The summed E-state index contributed by atoms with van der Waals surface area (Å²) in [5.74, 6) is -1.17. The van der Waals surface area contributed by atoms with Gasteiger partial charge in [0.05, 0.1) is 28.5 Å². The van der Waals surface area contributed by atoms with Crippen molar-refractivity contribution >= 4 is 33.2 Å². The van der Waals surface area contributed by atoms with Crippen LogP contribution in [-0.2, 0) is 14.8 Å². The zero-order valence-electron chi connectivity index (χ0n) is 18.5. The van der Waals surface area contributed by atoms with Gasteiger partial charge in [0, 0.05) is 19.2 Å². The van der Waals surface area contributed by atoms with Crippen molar-refractivity contribution in [1.82, 2.24) is 24.5 Å². The van der Waals surface area contributed by atoms with Crippen molar-refractivity contribution in [2.45, 2.75) is 17.7 Å². The SMILES string of the molecule is O=c1[nH]c(=O)n(-c2cc(Cl)c(Oc3cc(S(=O)(=O)NC[C@@H]4CCOC4)c(O)cn3)c(Cl)c2)nc1C(F)F. The fourth-order valence-electron chi connectivity index (χ4n) is 3.33. The molecule has 0 aliphatic carbocycles. The summed E-state index contributed by atoms with van der Waals surface area (Å²) in [7, 11) is -4.15. The van der Waals surface area contributed by atoms with Gasteiger partial charge in [0.1, 0.15) is 4.90 Å². The van der Waals surface area contributed by atoms with E-state index in [1.54, 1.807) is 4.98 Å². The first-order valence-electron chi connectivity index (χ1n) is 10.4. The minimum Gasteiger partial charge on any atom is -0.505 e. The zero-order valence-corrected chi connectivity index (χ0v) is 20.8. The summed E-state index contributed by atoms with van der Waals surface area (Å²) in [5, 5.41) is 13.0. The lowest BCUT2D eigenvalue weighted by Crippen LogP contribution is -2.34. The highest BCUT2D eigenvalue weighted by atomic mass is 35.5. The lowest BCUT2D eigenvalue weighted by molar-refractivity contribution is 0.141. The Morgan fingerprint density at radius 2 is 1.97 bits per heavy atom. The van der Waals surface area contributed by atoms with Crippen molar-refractivity contribution in [1.29, 1.82) is 0 Å². The van der Waals surface area contributed by atoms with Crippen molar-refractivity contribution in [2.24, 2.45) is 5.92 Å². The third-order valence-electron chi connectivity index (χ3n) is 5.19. The van der Waals surface area contributed by atoms with Gasteiger partial charge in [0.15, 0.2) is 17.2 Å². The molecule has 37 heavy (non-hydrogen) atoms. The van der Waals surface area contributed by atoms with E-state index in [9.17, 15) is 31.9 Å². The number of aromatic hydroxyl groups is 1. The number of sulfonamides is 1. The number of pyridine rings is 1. The van der Waals surface area contributed by atoms with Crippen LogP contribution in [0.2, 0.25) is 10.0 Å². The average molecular weight is 580 g/mol. The summed E-state index contributed by atoms with van der Waals surface area (Å²) >= 11 is 12.4.